The van der Waals surface area contributed by atoms with Crippen LogP contribution >= 0.6 is 0 Å². The molecule has 106 valence electrons. The molecule has 0 saturated carbocycles. The van der Waals surface area contributed by atoms with Gasteiger partial charge in [-0.05, 0) is 19.1 Å². The van der Waals surface area contributed by atoms with Gasteiger partial charge in [0.2, 0.25) is 5.88 Å². The molecule has 4 nitrogen and oxygen atoms in total. The summed E-state index contributed by atoms with van der Waals surface area (Å²) in [5.41, 5.74) is 0.633. The Balaban J connectivity index is 2.44. The number of nitrogens with one attached hydrogen (secondary N) is 1. The summed E-state index contributed by atoms with van der Waals surface area (Å²) >= 11 is 0. The summed E-state index contributed by atoms with van der Waals surface area (Å²) in [4.78, 5) is 8.48. The second-order valence-corrected chi connectivity index (χ2v) is 4.20. The second kappa shape index (κ2) is 5.81. The number of ether oxygens (including phenoxy) is 1. The minimum absolute atomic E-state index is 0.198. The van der Waals surface area contributed by atoms with Gasteiger partial charge in [0, 0.05) is 19.5 Å². The monoisotopic (exact) mass is 279 g/mol. The largest absolute Gasteiger partial charge is 0.435 e. The number of hydrogen-bond donors (Lipinski definition) is 1. The summed E-state index contributed by atoms with van der Waals surface area (Å²) in [5.74, 6) is -0.0387. The van der Waals surface area contributed by atoms with Crippen LogP contribution in [0.3, 0.4) is 0 Å². The molecule has 0 atom stereocenters. The SMILES string of the molecule is CCc1nc(NC)c(C)c(Oc2cc(F)ccc2F)n1. The fourth-order valence-electron chi connectivity index (χ4n) is 1.70. The number of aryl methyl sites for hydroxylation is 1. The van der Waals surface area contributed by atoms with Crippen LogP contribution in [0.15, 0.2) is 18.2 Å². The van der Waals surface area contributed by atoms with E-state index >= 15 is 0 Å². The average molecular weight is 279 g/mol. The maximum Gasteiger partial charge on any atom is 0.227 e. The minimum Gasteiger partial charge on any atom is -0.435 e. The van der Waals surface area contributed by atoms with Crippen LogP contribution in [0.4, 0.5) is 14.6 Å². The number of rotatable bonds is 4. The molecule has 0 saturated heterocycles. The Kier molecular flexibility index (Phi) is 4.12. The fourth-order valence-corrected chi connectivity index (χ4v) is 1.70. The molecule has 2 rings (SSSR count). The molecule has 0 unspecified atom stereocenters. The van der Waals surface area contributed by atoms with Crippen LogP contribution in [-0.4, -0.2) is 17.0 Å². The van der Waals surface area contributed by atoms with Gasteiger partial charge in [0.15, 0.2) is 11.6 Å². The first-order chi connectivity index (χ1) is 9.55. The lowest BCUT2D eigenvalue weighted by atomic mass is 10.3. The molecule has 0 bridgehead atoms. The van der Waals surface area contributed by atoms with Gasteiger partial charge in [-0.25, -0.2) is 13.8 Å². The van der Waals surface area contributed by atoms with Gasteiger partial charge in [-0.1, -0.05) is 6.92 Å². The molecular formula is C14H15F2N3O. The molecule has 0 aliphatic heterocycles. The lowest BCUT2D eigenvalue weighted by Gasteiger charge is -2.12. The first-order valence-corrected chi connectivity index (χ1v) is 6.23. The highest BCUT2D eigenvalue weighted by molar-refractivity contribution is 5.49. The molecule has 0 aliphatic rings. The van der Waals surface area contributed by atoms with Crippen LogP contribution < -0.4 is 10.1 Å². The van der Waals surface area contributed by atoms with E-state index in [4.69, 9.17) is 4.74 Å². The Bertz CT molecular complexity index is 632. The summed E-state index contributed by atoms with van der Waals surface area (Å²) in [5, 5.41) is 2.92. The van der Waals surface area contributed by atoms with Crippen molar-refractivity contribution in [1.82, 2.24) is 9.97 Å². The van der Waals surface area contributed by atoms with Crippen LogP contribution in [0.5, 0.6) is 11.6 Å². The van der Waals surface area contributed by atoms with E-state index < -0.39 is 11.6 Å². The number of hydrogen-bond acceptors (Lipinski definition) is 4. The Labute approximate surface area is 115 Å². The highest BCUT2D eigenvalue weighted by atomic mass is 19.1. The maximum absolute atomic E-state index is 13.6. The van der Waals surface area contributed by atoms with Crippen LogP contribution in [0.1, 0.15) is 18.3 Å². The van der Waals surface area contributed by atoms with Gasteiger partial charge in [0.1, 0.15) is 17.5 Å². The van der Waals surface area contributed by atoms with Crippen molar-refractivity contribution in [3.05, 3.63) is 41.2 Å². The molecule has 0 aliphatic carbocycles. The first kappa shape index (κ1) is 14.2. The third-order valence-corrected chi connectivity index (χ3v) is 2.80. The summed E-state index contributed by atoms with van der Waals surface area (Å²) in [6.07, 6.45) is 0.608. The third-order valence-electron chi connectivity index (χ3n) is 2.80. The van der Waals surface area contributed by atoms with Gasteiger partial charge in [-0.2, -0.15) is 4.98 Å². The molecule has 1 aromatic carbocycles. The predicted molar refractivity (Wildman–Crippen MR) is 72.1 cm³/mol. The molecule has 0 amide bonds. The Morgan fingerprint density at radius 3 is 2.65 bits per heavy atom. The summed E-state index contributed by atoms with van der Waals surface area (Å²) in [6, 6.07) is 3.04. The smallest absolute Gasteiger partial charge is 0.227 e. The van der Waals surface area contributed by atoms with Crippen molar-refractivity contribution < 1.29 is 13.5 Å². The fraction of sp³-hybridized carbons (Fsp3) is 0.286. The van der Waals surface area contributed by atoms with Gasteiger partial charge in [-0.3, -0.25) is 0 Å². The molecule has 0 radical (unpaired) electrons. The first-order valence-electron chi connectivity index (χ1n) is 6.23. The van der Waals surface area contributed by atoms with E-state index in [1.165, 1.54) is 0 Å². The lowest BCUT2D eigenvalue weighted by Crippen LogP contribution is -2.05. The lowest BCUT2D eigenvalue weighted by molar-refractivity contribution is 0.417. The molecule has 2 aromatic rings. The number of nitrogens with zero attached hydrogens (tertiary/aromatic N) is 2. The van der Waals surface area contributed by atoms with Crippen molar-refractivity contribution >= 4 is 5.82 Å². The molecular weight excluding hydrogens is 264 g/mol. The van der Waals surface area contributed by atoms with Crippen LogP contribution in [0, 0.1) is 18.6 Å². The van der Waals surface area contributed by atoms with Crippen LogP contribution in [0.2, 0.25) is 0 Å². The molecule has 20 heavy (non-hydrogen) atoms. The van der Waals surface area contributed by atoms with E-state index in [0.717, 1.165) is 18.2 Å². The van der Waals surface area contributed by atoms with E-state index in [9.17, 15) is 8.78 Å². The van der Waals surface area contributed by atoms with Crippen molar-refractivity contribution in [3.8, 4) is 11.6 Å². The molecule has 1 N–H and O–H groups in total. The standard InChI is InChI=1S/C14H15F2N3O/c1-4-12-18-13(17-3)8(2)14(19-12)20-11-7-9(15)5-6-10(11)16/h5-7H,4H2,1-3H3,(H,17,18,19). The van der Waals surface area contributed by atoms with E-state index in [1.807, 2.05) is 6.92 Å². The number of anilines is 1. The average Bonchev–Trinajstić information content (AvgIpc) is 2.45. The van der Waals surface area contributed by atoms with Gasteiger partial charge >= 0.3 is 0 Å². The molecule has 0 spiro atoms. The Morgan fingerprint density at radius 1 is 1.25 bits per heavy atom. The van der Waals surface area contributed by atoms with Gasteiger partial charge in [0.05, 0.1) is 5.56 Å². The number of halogens is 2. The van der Waals surface area contributed by atoms with Gasteiger partial charge in [0.25, 0.3) is 0 Å². The molecule has 0 fully saturated rings. The van der Waals surface area contributed by atoms with Crippen LogP contribution in [0.25, 0.3) is 0 Å². The molecule has 1 heterocycles. The summed E-state index contributed by atoms with van der Waals surface area (Å²) < 4.78 is 32.2. The van der Waals surface area contributed by atoms with Crippen molar-refractivity contribution in [2.45, 2.75) is 20.3 Å². The Hall–Kier alpha value is -2.24. The van der Waals surface area contributed by atoms with E-state index in [2.05, 4.69) is 15.3 Å². The third kappa shape index (κ3) is 2.84. The Morgan fingerprint density at radius 2 is 2.00 bits per heavy atom. The normalized spacial score (nSPS) is 10.4. The molecule has 6 heteroatoms. The number of benzene rings is 1. The van der Waals surface area contributed by atoms with Crippen molar-refractivity contribution in [2.75, 3.05) is 12.4 Å². The zero-order chi connectivity index (χ0) is 14.7. The summed E-state index contributed by atoms with van der Waals surface area (Å²) in [7, 11) is 1.72. The molecule has 1 aromatic heterocycles. The van der Waals surface area contributed by atoms with Gasteiger partial charge in [-0.15, -0.1) is 0 Å². The second-order valence-electron chi connectivity index (χ2n) is 4.20. The highest BCUT2D eigenvalue weighted by Crippen LogP contribution is 2.29. The van der Waals surface area contributed by atoms with Crippen LogP contribution in [-0.2, 0) is 6.42 Å². The highest BCUT2D eigenvalue weighted by Gasteiger charge is 2.14. The zero-order valence-corrected chi connectivity index (χ0v) is 11.5. The predicted octanol–water partition coefficient (Wildman–Crippen LogP) is 3.46. The van der Waals surface area contributed by atoms with Crippen molar-refractivity contribution in [3.63, 3.8) is 0 Å². The van der Waals surface area contributed by atoms with E-state index in [0.29, 0.717) is 23.6 Å². The number of aromatic nitrogens is 2. The van der Waals surface area contributed by atoms with E-state index in [-0.39, 0.29) is 11.6 Å². The maximum atomic E-state index is 13.6. The summed E-state index contributed by atoms with van der Waals surface area (Å²) in [6.45, 7) is 3.65. The van der Waals surface area contributed by atoms with Crippen molar-refractivity contribution in [2.24, 2.45) is 0 Å². The zero-order valence-electron chi connectivity index (χ0n) is 11.5. The topological polar surface area (TPSA) is 47.0 Å². The van der Waals surface area contributed by atoms with Gasteiger partial charge < -0.3 is 10.1 Å². The minimum atomic E-state index is -0.645. The van der Waals surface area contributed by atoms with Crippen molar-refractivity contribution in [1.29, 1.82) is 0 Å². The van der Waals surface area contributed by atoms with E-state index in [1.54, 1.807) is 14.0 Å². The quantitative estimate of drug-likeness (QED) is 0.931.